The molecular weight excluding hydrogens is 234 g/mol. The molecule has 0 aromatic rings. The molecule has 0 spiro atoms. The van der Waals surface area contributed by atoms with E-state index in [0.29, 0.717) is 12.5 Å². The highest BCUT2D eigenvalue weighted by molar-refractivity contribution is 5.84. The summed E-state index contributed by atoms with van der Waals surface area (Å²) in [6, 6.07) is 0. The van der Waals surface area contributed by atoms with Gasteiger partial charge < -0.3 is 15.2 Å². The minimum Gasteiger partial charge on any atom is -0.481 e. The monoisotopic (exact) mass is 259 g/mol. The predicted octanol–water partition coefficient (Wildman–Crippen LogP) is 1.66. The van der Waals surface area contributed by atoms with Crippen LogP contribution in [0.15, 0.2) is 0 Å². The van der Waals surface area contributed by atoms with Crippen molar-refractivity contribution in [2.24, 2.45) is 11.8 Å². The van der Waals surface area contributed by atoms with E-state index in [0.717, 1.165) is 6.42 Å². The second-order valence-electron chi connectivity index (χ2n) is 5.52. The van der Waals surface area contributed by atoms with Crippen LogP contribution in [0.5, 0.6) is 0 Å². The molecule has 0 saturated heterocycles. The number of methoxy groups -OCH3 is 1. The van der Waals surface area contributed by atoms with Gasteiger partial charge in [0.2, 0.25) is 0 Å². The van der Waals surface area contributed by atoms with Gasteiger partial charge in [0.15, 0.2) is 0 Å². The lowest BCUT2D eigenvalue weighted by Gasteiger charge is -2.24. The maximum atomic E-state index is 11.8. The average molecular weight is 259 g/mol. The van der Waals surface area contributed by atoms with E-state index in [4.69, 9.17) is 9.84 Å². The van der Waals surface area contributed by atoms with Crippen molar-refractivity contribution in [3.05, 3.63) is 0 Å². The van der Waals surface area contributed by atoms with Crippen molar-refractivity contribution in [2.75, 3.05) is 13.7 Å². The van der Waals surface area contributed by atoms with Gasteiger partial charge in [-0.3, -0.25) is 9.59 Å². The Balaban J connectivity index is 4.34. The molecule has 0 aromatic carbocycles. The molecule has 0 radical (unpaired) electrons. The van der Waals surface area contributed by atoms with Crippen LogP contribution in [0.2, 0.25) is 0 Å². The molecule has 0 aliphatic heterocycles. The standard InChI is InChI=1S/C13H25NO4/c1-9(2)6-10(7-11(15)16)8-14-12(17)13(3,4)18-5/h9-10H,6-8H2,1-5H3,(H,14,17)(H,15,16). The number of carboxylic acid groups (broad SMARTS) is 1. The Kier molecular flexibility index (Phi) is 6.91. The van der Waals surface area contributed by atoms with E-state index in [9.17, 15) is 9.59 Å². The summed E-state index contributed by atoms with van der Waals surface area (Å²) >= 11 is 0. The summed E-state index contributed by atoms with van der Waals surface area (Å²) in [6.07, 6.45) is 0.853. The highest BCUT2D eigenvalue weighted by Crippen LogP contribution is 2.15. The number of hydrogen-bond acceptors (Lipinski definition) is 3. The summed E-state index contributed by atoms with van der Waals surface area (Å²) in [4.78, 5) is 22.5. The molecule has 0 fully saturated rings. The summed E-state index contributed by atoms with van der Waals surface area (Å²) in [5.41, 5.74) is -0.883. The van der Waals surface area contributed by atoms with Crippen LogP contribution in [0, 0.1) is 11.8 Å². The zero-order valence-corrected chi connectivity index (χ0v) is 11.9. The first-order valence-corrected chi connectivity index (χ1v) is 6.24. The lowest BCUT2D eigenvalue weighted by molar-refractivity contribution is -0.141. The van der Waals surface area contributed by atoms with Crippen LogP contribution >= 0.6 is 0 Å². The smallest absolute Gasteiger partial charge is 0.303 e. The van der Waals surface area contributed by atoms with Gasteiger partial charge in [-0.25, -0.2) is 0 Å². The van der Waals surface area contributed by atoms with Crippen LogP contribution in [0.3, 0.4) is 0 Å². The highest BCUT2D eigenvalue weighted by Gasteiger charge is 2.27. The molecule has 5 heteroatoms. The minimum absolute atomic E-state index is 0.0425. The molecule has 2 N–H and O–H groups in total. The number of ether oxygens (including phenoxy) is 1. The van der Waals surface area contributed by atoms with Crippen LogP contribution in [-0.4, -0.2) is 36.2 Å². The minimum atomic E-state index is -0.883. The molecule has 18 heavy (non-hydrogen) atoms. The van der Waals surface area contributed by atoms with Crippen molar-refractivity contribution in [3.63, 3.8) is 0 Å². The molecule has 0 saturated carbocycles. The molecule has 106 valence electrons. The van der Waals surface area contributed by atoms with Crippen LogP contribution < -0.4 is 5.32 Å². The van der Waals surface area contributed by atoms with E-state index >= 15 is 0 Å². The van der Waals surface area contributed by atoms with Gasteiger partial charge in [-0.05, 0) is 32.1 Å². The number of carbonyl (C=O) groups excluding carboxylic acids is 1. The molecule has 5 nitrogen and oxygen atoms in total. The second-order valence-corrected chi connectivity index (χ2v) is 5.52. The lowest BCUT2D eigenvalue weighted by Crippen LogP contribution is -2.45. The molecule has 0 bridgehead atoms. The Labute approximate surface area is 109 Å². The molecule has 0 aliphatic carbocycles. The third-order valence-electron chi connectivity index (χ3n) is 2.88. The van der Waals surface area contributed by atoms with E-state index in [1.165, 1.54) is 7.11 Å². The van der Waals surface area contributed by atoms with Gasteiger partial charge in [-0.2, -0.15) is 0 Å². The van der Waals surface area contributed by atoms with Gasteiger partial charge in [0.1, 0.15) is 5.60 Å². The predicted molar refractivity (Wildman–Crippen MR) is 69.3 cm³/mol. The SMILES string of the molecule is COC(C)(C)C(=O)NCC(CC(=O)O)CC(C)C. The van der Waals surface area contributed by atoms with E-state index < -0.39 is 11.6 Å². The number of carbonyl (C=O) groups is 2. The highest BCUT2D eigenvalue weighted by atomic mass is 16.5. The summed E-state index contributed by atoms with van der Waals surface area (Å²) in [5, 5.41) is 11.6. The van der Waals surface area contributed by atoms with Crippen LogP contribution in [0.25, 0.3) is 0 Å². The molecule has 0 rings (SSSR count). The normalized spacial score (nSPS) is 13.4. The Morgan fingerprint density at radius 2 is 1.89 bits per heavy atom. The number of rotatable bonds is 8. The van der Waals surface area contributed by atoms with Crippen LogP contribution in [-0.2, 0) is 14.3 Å². The summed E-state index contributed by atoms with van der Waals surface area (Å²) in [7, 11) is 1.47. The molecule has 1 atom stereocenters. The maximum Gasteiger partial charge on any atom is 0.303 e. The molecule has 0 heterocycles. The zero-order chi connectivity index (χ0) is 14.3. The van der Waals surface area contributed by atoms with Gasteiger partial charge in [-0.15, -0.1) is 0 Å². The molecule has 0 aromatic heterocycles. The fourth-order valence-electron chi connectivity index (χ4n) is 1.70. The number of amides is 1. The van der Waals surface area contributed by atoms with Crippen LogP contribution in [0.1, 0.15) is 40.5 Å². The number of carboxylic acids is 1. The average Bonchev–Trinajstić information content (AvgIpc) is 2.23. The quantitative estimate of drug-likeness (QED) is 0.695. The first-order chi connectivity index (χ1) is 8.19. The van der Waals surface area contributed by atoms with Gasteiger partial charge in [0.05, 0.1) is 0 Å². The first-order valence-electron chi connectivity index (χ1n) is 6.24. The van der Waals surface area contributed by atoms with Crippen molar-refractivity contribution in [2.45, 2.75) is 46.1 Å². The first kappa shape index (κ1) is 16.9. The second kappa shape index (κ2) is 7.36. The number of nitrogens with one attached hydrogen (secondary N) is 1. The number of aliphatic carboxylic acids is 1. The van der Waals surface area contributed by atoms with Crippen molar-refractivity contribution in [1.82, 2.24) is 5.32 Å². The van der Waals surface area contributed by atoms with Gasteiger partial charge in [0, 0.05) is 20.1 Å². The van der Waals surface area contributed by atoms with Gasteiger partial charge >= 0.3 is 5.97 Å². The van der Waals surface area contributed by atoms with Crippen molar-refractivity contribution < 1.29 is 19.4 Å². The molecule has 1 amide bonds. The Bertz CT molecular complexity index is 287. The fraction of sp³-hybridized carbons (Fsp3) is 0.846. The van der Waals surface area contributed by atoms with E-state index in [2.05, 4.69) is 5.32 Å². The Hall–Kier alpha value is -1.10. The maximum absolute atomic E-state index is 11.8. The number of hydrogen-bond donors (Lipinski definition) is 2. The molecule has 0 aliphatic rings. The third kappa shape index (κ3) is 6.59. The van der Waals surface area contributed by atoms with Gasteiger partial charge in [0.25, 0.3) is 5.91 Å². The Morgan fingerprint density at radius 3 is 2.28 bits per heavy atom. The van der Waals surface area contributed by atoms with Gasteiger partial charge in [-0.1, -0.05) is 13.8 Å². The summed E-state index contributed by atoms with van der Waals surface area (Å²) in [6.45, 7) is 7.80. The zero-order valence-electron chi connectivity index (χ0n) is 11.9. The Morgan fingerprint density at radius 1 is 1.33 bits per heavy atom. The largest absolute Gasteiger partial charge is 0.481 e. The molecule has 1 unspecified atom stereocenters. The van der Waals surface area contributed by atoms with Crippen LogP contribution in [0.4, 0.5) is 0 Å². The summed E-state index contributed by atoms with van der Waals surface area (Å²) < 4.78 is 5.07. The van der Waals surface area contributed by atoms with Crippen molar-refractivity contribution in [3.8, 4) is 0 Å². The van der Waals surface area contributed by atoms with Crippen molar-refractivity contribution in [1.29, 1.82) is 0 Å². The summed E-state index contributed by atoms with van der Waals surface area (Å²) in [5.74, 6) is -0.689. The van der Waals surface area contributed by atoms with E-state index in [1.54, 1.807) is 13.8 Å². The third-order valence-corrected chi connectivity index (χ3v) is 2.88. The topological polar surface area (TPSA) is 75.6 Å². The lowest BCUT2D eigenvalue weighted by atomic mass is 9.94. The van der Waals surface area contributed by atoms with Crippen molar-refractivity contribution >= 4 is 11.9 Å². The fourth-order valence-corrected chi connectivity index (χ4v) is 1.70. The van der Waals surface area contributed by atoms with E-state index in [1.807, 2.05) is 13.8 Å². The molecular formula is C13H25NO4. The van der Waals surface area contributed by atoms with E-state index in [-0.39, 0.29) is 18.2 Å².